The number of para-hydroxylation sites is 2. The summed E-state index contributed by atoms with van der Waals surface area (Å²) >= 11 is 0. The number of nitrogens with zero attached hydrogens (tertiary/aromatic N) is 2. The molecule has 1 aliphatic heterocycles. The summed E-state index contributed by atoms with van der Waals surface area (Å²) in [5.41, 5.74) is 1.13. The van der Waals surface area contributed by atoms with Crippen LogP contribution in [0.5, 0.6) is 11.5 Å². The van der Waals surface area contributed by atoms with Crippen molar-refractivity contribution in [3.63, 3.8) is 0 Å². The van der Waals surface area contributed by atoms with Gasteiger partial charge in [-0.05, 0) is 50.8 Å². The summed E-state index contributed by atoms with van der Waals surface area (Å²) < 4.78 is 12.4. The zero-order valence-electron chi connectivity index (χ0n) is 19.2. The van der Waals surface area contributed by atoms with Crippen LogP contribution in [0.2, 0.25) is 0 Å². The average Bonchev–Trinajstić information content (AvgIpc) is 2.96. The molecule has 0 radical (unpaired) electrons. The maximum absolute atomic E-state index is 13.7. The van der Waals surface area contributed by atoms with Gasteiger partial charge in [0, 0.05) is 32.1 Å². The van der Waals surface area contributed by atoms with Crippen molar-refractivity contribution in [2.45, 2.75) is 57.7 Å². The fourth-order valence-electron chi connectivity index (χ4n) is 4.88. The van der Waals surface area contributed by atoms with E-state index in [4.69, 9.17) is 9.47 Å². The third-order valence-electron chi connectivity index (χ3n) is 6.75. The third-order valence-corrected chi connectivity index (χ3v) is 6.75. The van der Waals surface area contributed by atoms with E-state index in [1.807, 2.05) is 72.3 Å². The lowest BCUT2D eigenvalue weighted by Gasteiger charge is -2.43. The second-order valence-electron chi connectivity index (χ2n) is 8.84. The maximum Gasteiger partial charge on any atom is 0.258 e. The first-order chi connectivity index (χ1) is 15.4. The molecule has 1 spiro atoms. The van der Waals surface area contributed by atoms with Crippen LogP contribution in [0.25, 0.3) is 0 Å². The first-order valence-corrected chi connectivity index (χ1v) is 11.4. The lowest BCUT2D eigenvalue weighted by atomic mass is 9.81. The van der Waals surface area contributed by atoms with E-state index in [0.717, 1.165) is 37.0 Å². The molecule has 1 aliphatic carbocycles. The number of rotatable bonds is 4. The van der Waals surface area contributed by atoms with Crippen LogP contribution in [0.15, 0.2) is 48.5 Å². The van der Waals surface area contributed by atoms with Gasteiger partial charge in [0.15, 0.2) is 0 Å². The number of fused-ring (bicyclic) bond motifs is 1. The number of hydrogen-bond donors (Lipinski definition) is 0. The van der Waals surface area contributed by atoms with Crippen LogP contribution in [-0.2, 0) is 11.3 Å². The van der Waals surface area contributed by atoms with Crippen LogP contribution >= 0.6 is 0 Å². The summed E-state index contributed by atoms with van der Waals surface area (Å²) in [6.45, 7) is 5.04. The van der Waals surface area contributed by atoms with E-state index in [-0.39, 0.29) is 17.9 Å². The molecule has 4 rings (SSSR count). The van der Waals surface area contributed by atoms with Crippen molar-refractivity contribution in [1.82, 2.24) is 9.80 Å². The number of benzene rings is 2. The van der Waals surface area contributed by atoms with Crippen LogP contribution in [-0.4, -0.2) is 53.5 Å². The minimum atomic E-state index is -0.461. The van der Waals surface area contributed by atoms with Gasteiger partial charge in [0.1, 0.15) is 17.1 Å². The quantitative estimate of drug-likeness (QED) is 0.718. The number of amides is 2. The zero-order chi connectivity index (χ0) is 22.7. The highest BCUT2D eigenvalue weighted by atomic mass is 16.5. The van der Waals surface area contributed by atoms with Gasteiger partial charge < -0.3 is 19.3 Å². The normalized spacial score (nSPS) is 22.5. The lowest BCUT2D eigenvalue weighted by molar-refractivity contribution is -0.131. The summed E-state index contributed by atoms with van der Waals surface area (Å²) in [4.78, 5) is 29.3. The van der Waals surface area contributed by atoms with Gasteiger partial charge in [0.25, 0.3) is 5.91 Å². The smallest absolute Gasteiger partial charge is 0.258 e. The maximum atomic E-state index is 13.7. The van der Waals surface area contributed by atoms with Crippen LogP contribution in [0.3, 0.4) is 0 Å². The van der Waals surface area contributed by atoms with Crippen molar-refractivity contribution in [2.24, 2.45) is 0 Å². The average molecular weight is 437 g/mol. The lowest BCUT2D eigenvalue weighted by Crippen LogP contribution is -2.52. The van der Waals surface area contributed by atoms with E-state index in [1.54, 1.807) is 6.92 Å². The first-order valence-electron chi connectivity index (χ1n) is 11.4. The van der Waals surface area contributed by atoms with Crippen LogP contribution in [0.1, 0.15) is 55.5 Å². The molecule has 0 atom stereocenters. The van der Waals surface area contributed by atoms with E-state index in [1.165, 1.54) is 0 Å². The molecule has 32 heavy (non-hydrogen) atoms. The van der Waals surface area contributed by atoms with Crippen molar-refractivity contribution in [3.8, 4) is 11.5 Å². The summed E-state index contributed by atoms with van der Waals surface area (Å²) in [6.07, 6.45) is 3.30. The molecule has 2 amide bonds. The van der Waals surface area contributed by atoms with Crippen molar-refractivity contribution >= 4 is 11.8 Å². The standard InChI is InChI=1S/C26H32N2O4/c1-4-31-24-12-8-6-10-22(24)25(30)28-17-20-9-5-7-11-23(20)32-26(18-28)15-13-21(14-16-26)27(3)19(2)29/h5-12,21H,4,13-18H2,1-3H3. The predicted octanol–water partition coefficient (Wildman–Crippen LogP) is 4.28. The second-order valence-corrected chi connectivity index (χ2v) is 8.84. The molecule has 6 nitrogen and oxygen atoms in total. The first kappa shape index (κ1) is 22.2. The predicted molar refractivity (Wildman–Crippen MR) is 123 cm³/mol. The van der Waals surface area contributed by atoms with E-state index in [9.17, 15) is 9.59 Å². The summed E-state index contributed by atoms with van der Waals surface area (Å²) in [5.74, 6) is 1.50. The molecule has 6 heteroatoms. The molecule has 0 saturated heterocycles. The zero-order valence-corrected chi connectivity index (χ0v) is 19.2. The molecular formula is C26H32N2O4. The Morgan fingerprint density at radius 2 is 1.81 bits per heavy atom. The molecular weight excluding hydrogens is 404 g/mol. The van der Waals surface area contributed by atoms with E-state index < -0.39 is 5.60 Å². The van der Waals surface area contributed by atoms with Gasteiger partial charge >= 0.3 is 0 Å². The highest BCUT2D eigenvalue weighted by Crippen LogP contribution is 2.40. The molecule has 0 aromatic heterocycles. The largest absolute Gasteiger partial charge is 0.493 e. The molecule has 2 aliphatic rings. The van der Waals surface area contributed by atoms with Crippen molar-refractivity contribution in [2.75, 3.05) is 20.2 Å². The molecule has 170 valence electrons. The summed E-state index contributed by atoms with van der Waals surface area (Å²) in [6, 6.07) is 15.6. The molecule has 2 aromatic rings. The Hall–Kier alpha value is -3.02. The SMILES string of the molecule is CCOc1ccccc1C(=O)N1Cc2ccccc2OC2(CCC(N(C)C(C)=O)CC2)C1. The van der Waals surface area contributed by atoms with Crippen LogP contribution < -0.4 is 9.47 Å². The second kappa shape index (κ2) is 9.23. The number of carbonyl (C=O) groups is 2. The van der Waals surface area contributed by atoms with E-state index >= 15 is 0 Å². The fraction of sp³-hybridized carbons (Fsp3) is 0.462. The van der Waals surface area contributed by atoms with Gasteiger partial charge in [0.05, 0.1) is 18.7 Å². The topological polar surface area (TPSA) is 59.1 Å². The molecule has 1 saturated carbocycles. The van der Waals surface area contributed by atoms with E-state index in [2.05, 4.69) is 0 Å². The van der Waals surface area contributed by atoms with E-state index in [0.29, 0.717) is 31.0 Å². The number of hydrogen-bond acceptors (Lipinski definition) is 4. The Morgan fingerprint density at radius 1 is 1.12 bits per heavy atom. The van der Waals surface area contributed by atoms with Gasteiger partial charge in [-0.3, -0.25) is 9.59 Å². The number of ether oxygens (including phenoxy) is 2. The van der Waals surface area contributed by atoms with Gasteiger partial charge in [-0.25, -0.2) is 0 Å². The molecule has 0 bridgehead atoms. The van der Waals surface area contributed by atoms with Gasteiger partial charge in [0.2, 0.25) is 5.91 Å². The minimum absolute atomic E-state index is 0.0447. The van der Waals surface area contributed by atoms with Crippen LogP contribution in [0.4, 0.5) is 0 Å². The van der Waals surface area contributed by atoms with Crippen LogP contribution in [0, 0.1) is 0 Å². The van der Waals surface area contributed by atoms with Gasteiger partial charge in [-0.15, -0.1) is 0 Å². The van der Waals surface area contributed by atoms with Gasteiger partial charge in [-0.2, -0.15) is 0 Å². The summed E-state index contributed by atoms with van der Waals surface area (Å²) in [7, 11) is 1.87. The highest BCUT2D eigenvalue weighted by molar-refractivity contribution is 5.97. The molecule has 0 unspecified atom stereocenters. The third kappa shape index (κ3) is 4.45. The molecule has 2 aromatic carbocycles. The monoisotopic (exact) mass is 436 g/mol. The Balaban J connectivity index is 1.63. The number of carbonyl (C=O) groups excluding carboxylic acids is 2. The fourth-order valence-corrected chi connectivity index (χ4v) is 4.88. The Labute approximate surface area is 190 Å². The Morgan fingerprint density at radius 3 is 2.53 bits per heavy atom. The Kier molecular flexibility index (Phi) is 6.40. The summed E-state index contributed by atoms with van der Waals surface area (Å²) in [5, 5.41) is 0. The molecule has 0 N–H and O–H groups in total. The molecule has 1 heterocycles. The van der Waals surface area contributed by atoms with Crippen molar-refractivity contribution < 1.29 is 19.1 Å². The highest BCUT2D eigenvalue weighted by Gasteiger charge is 2.43. The van der Waals surface area contributed by atoms with Crippen molar-refractivity contribution in [3.05, 3.63) is 59.7 Å². The Bertz CT molecular complexity index is 981. The van der Waals surface area contributed by atoms with Gasteiger partial charge in [-0.1, -0.05) is 30.3 Å². The molecule has 1 fully saturated rings. The minimum Gasteiger partial charge on any atom is -0.493 e. The van der Waals surface area contributed by atoms with Crippen molar-refractivity contribution in [1.29, 1.82) is 0 Å².